The van der Waals surface area contributed by atoms with Gasteiger partial charge >= 0.3 is 5.97 Å². The summed E-state index contributed by atoms with van der Waals surface area (Å²) in [4.78, 5) is 12.1. The van der Waals surface area contributed by atoms with Crippen LogP contribution in [0.5, 0.6) is 11.5 Å². The molecule has 1 rings (SSSR count). The standard InChI is InChI=1S/C26H42O3/c1-4-6-7-8-9-10-11-12-13-14-15-16-17-19-26(27)29-24-21-20-23(18-5-2)22-25(24)28-3/h10-11,20-22H,4-9,12-19H2,1-3H3/b11-10-. The van der Waals surface area contributed by atoms with Crippen LogP contribution in [0.2, 0.25) is 0 Å². The van der Waals surface area contributed by atoms with Gasteiger partial charge in [-0.15, -0.1) is 0 Å². The van der Waals surface area contributed by atoms with Crippen LogP contribution in [0.4, 0.5) is 0 Å². The quantitative estimate of drug-likeness (QED) is 0.115. The molecule has 0 fully saturated rings. The predicted molar refractivity (Wildman–Crippen MR) is 123 cm³/mol. The molecule has 0 spiro atoms. The van der Waals surface area contributed by atoms with E-state index in [0.717, 1.165) is 25.7 Å². The van der Waals surface area contributed by atoms with Gasteiger partial charge in [-0.1, -0.05) is 77.0 Å². The number of hydrogen-bond donors (Lipinski definition) is 0. The zero-order valence-corrected chi connectivity index (χ0v) is 19.0. The van der Waals surface area contributed by atoms with Crippen LogP contribution >= 0.6 is 0 Å². The average Bonchev–Trinajstić information content (AvgIpc) is 2.72. The first kappa shape index (κ1) is 25.3. The molecule has 0 radical (unpaired) electrons. The highest BCUT2D eigenvalue weighted by Crippen LogP contribution is 2.29. The Morgan fingerprint density at radius 3 is 2.14 bits per heavy atom. The van der Waals surface area contributed by atoms with Gasteiger partial charge in [-0.25, -0.2) is 0 Å². The van der Waals surface area contributed by atoms with Crippen LogP contribution in [-0.2, 0) is 11.2 Å². The fourth-order valence-corrected chi connectivity index (χ4v) is 3.40. The number of carbonyl (C=O) groups excluding carboxylic acids is 1. The van der Waals surface area contributed by atoms with Crippen LogP contribution in [0, 0.1) is 0 Å². The second-order valence-corrected chi connectivity index (χ2v) is 7.84. The van der Waals surface area contributed by atoms with E-state index in [1.54, 1.807) is 7.11 Å². The van der Waals surface area contributed by atoms with Crippen molar-refractivity contribution in [3.8, 4) is 11.5 Å². The second-order valence-electron chi connectivity index (χ2n) is 7.84. The lowest BCUT2D eigenvalue weighted by Crippen LogP contribution is -2.08. The van der Waals surface area contributed by atoms with Gasteiger partial charge in [0.1, 0.15) is 0 Å². The molecule has 0 saturated carbocycles. The maximum absolute atomic E-state index is 12.1. The molecule has 0 heterocycles. The van der Waals surface area contributed by atoms with Crippen LogP contribution in [0.1, 0.15) is 103 Å². The van der Waals surface area contributed by atoms with E-state index in [4.69, 9.17) is 9.47 Å². The Bertz CT molecular complexity index is 577. The Hall–Kier alpha value is -1.77. The number of esters is 1. The van der Waals surface area contributed by atoms with Crippen molar-refractivity contribution >= 4 is 5.97 Å². The molecule has 164 valence electrons. The summed E-state index contributed by atoms with van der Waals surface area (Å²) in [5.74, 6) is 0.999. The molecule has 0 aliphatic carbocycles. The summed E-state index contributed by atoms with van der Waals surface area (Å²) in [5.41, 5.74) is 1.20. The molecule has 0 bridgehead atoms. The molecular formula is C26H42O3. The van der Waals surface area contributed by atoms with Crippen molar-refractivity contribution in [3.05, 3.63) is 35.9 Å². The third-order valence-electron chi connectivity index (χ3n) is 5.13. The van der Waals surface area contributed by atoms with Gasteiger partial charge in [-0.3, -0.25) is 4.79 Å². The van der Waals surface area contributed by atoms with Crippen molar-refractivity contribution in [1.82, 2.24) is 0 Å². The number of aryl methyl sites for hydroxylation is 1. The fraction of sp³-hybridized carbons (Fsp3) is 0.654. The maximum atomic E-state index is 12.1. The molecule has 0 aromatic heterocycles. The minimum absolute atomic E-state index is 0.169. The van der Waals surface area contributed by atoms with Crippen LogP contribution in [0.25, 0.3) is 0 Å². The number of allylic oxidation sites excluding steroid dienone is 2. The average molecular weight is 403 g/mol. The molecule has 0 aliphatic heterocycles. The zero-order chi connectivity index (χ0) is 21.2. The topological polar surface area (TPSA) is 35.5 Å². The molecule has 0 aliphatic rings. The van der Waals surface area contributed by atoms with Gasteiger partial charge < -0.3 is 9.47 Å². The first-order valence-electron chi connectivity index (χ1n) is 11.7. The Kier molecular flexibility index (Phi) is 14.9. The van der Waals surface area contributed by atoms with E-state index >= 15 is 0 Å². The van der Waals surface area contributed by atoms with Crippen molar-refractivity contribution in [2.24, 2.45) is 0 Å². The summed E-state index contributed by atoms with van der Waals surface area (Å²) in [7, 11) is 1.62. The lowest BCUT2D eigenvalue weighted by atomic mass is 10.1. The highest BCUT2D eigenvalue weighted by Gasteiger charge is 2.10. The molecule has 0 amide bonds. The zero-order valence-electron chi connectivity index (χ0n) is 19.0. The molecule has 1 aromatic rings. The second kappa shape index (κ2) is 17.1. The highest BCUT2D eigenvalue weighted by atomic mass is 16.6. The van der Waals surface area contributed by atoms with Crippen LogP contribution in [0.3, 0.4) is 0 Å². The summed E-state index contributed by atoms with van der Waals surface area (Å²) in [6.45, 7) is 4.40. The van der Waals surface area contributed by atoms with Gasteiger partial charge in [0.2, 0.25) is 0 Å². The molecule has 1 aromatic carbocycles. The lowest BCUT2D eigenvalue weighted by Gasteiger charge is -2.11. The van der Waals surface area contributed by atoms with E-state index in [0.29, 0.717) is 17.9 Å². The minimum Gasteiger partial charge on any atom is -0.493 e. The number of carbonyl (C=O) groups is 1. The molecule has 0 atom stereocenters. The Labute approximate surface area is 178 Å². The number of benzene rings is 1. The van der Waals surface area contributed by atoms with Crippen LogP contribution in [0.15, 0.2) is 30.4 Å². The number of hydrogen-bond acceptors (Lipinski definition) is 3. The first-order valence-corrected chi connectivity index (χ1v) is 11.7. The van der Waals surface area contributed by atoms with Crippen molar-refractivity contribution in [2.45, 2.75) is 104 Å². The third kappa shape index (κ3) is 12.4. The van der Waals surface area contributed by atoms with Crippen molar-refractivity contribution < 1.29 is 14.3 Å². The van der Waals surface area contributed by atoms with E-state index in [-0.39, 0.29) is 5.97 Å². The monoisotopic (exact) mass is 402 g/mol. The molecule has 29 heavy (non-hydrogen) atoms. The summed E-state index contributed by atoms with van der Waals surface area (Å²) in [6, 6.07) is 5.82. The Balaban J connectivity index is 2.09. The van der Waals surface area contributed by atoms with Gasteiger partial charge in [0, 0.05) is 6.42 Å². The summed E-state index contributed by atoms with van der Waals surface area (Å²) in [5, 5.41) is 0. The Morgan fingerprint density at radius 2 is 1.48 bits per heavy atom. The van der Waals surface area contributed by atoms with Crippen LogP contribution in [-0.4, -0.2) is 13.1 Å². The lowest BCUT2D eigenvalue weighted by molar-refractivity contribution is -0.134. The SMILES string of the molecule is CCCCCC/C=C\CCCCCCCC(=O)Oc1ccc(CCC)cc1OC. The van der Waals surface area contributed by atoms with Crippen LogP contribution < -0.4 is 9.47 Å². The van der Waals surface area contributed by atoms with Gasteiger partial charge in [-0.2, -0.15) is 0 Å². The largest absolute Gasteiger partial charge is 0.493 e. The minimum atomic E-state index is -0.169. The smallest absolute Gasteiger partial charge is 0.311 e. The van der Waals surface area contributed by atoms with E-state index in [9.17, 15) is 4.79 Å². The van der Waals surface area contributed by atoms with E-state index in [1.807, 2.05) is 18.2 Å². The molecular weight excluding hydrogens is 360 g/mol. The highest BCUT2D eigenvalue weighted by molar-refractivity contribution is 5.73. The van der Waals surface area contributed by atoms with E-state index in [2.05, 4.69) is 26.0 Å². The van der Waals surface area contributed by atoms with Gasteiger partial charge in [0.15, 0.2) is 11.5 Å². The van der Waals surface area contributed by atoms with E-state index in [1.165, 1.54) is 63.4 Å². The third-order valence-corrected chi connectivity index (χ3v) is 5.13. The first-order chi connectivity index (χ1) is 14.2. The Morgan fingerprint density at radius 1 is 0.828 bits per heavy atom. The fourth-order valence-electron chi connectivity index (χ4n) is 3.40. The van der Waals surface area contributed by atoms with Crippen molar-refractivity contribution in [1.29, 1.82) is 0 Å². The van der Waals surface area contributed by atoms with Gasteiger partial charge in [-0.05, 0) is 56.2 Å². The summed E-state index contributed by atoms with van der Waals surface area (Å²) >= 11 is 0. The number of unbranched alkanes of at least 4 members (excludes halogenated alkanes) is 9. The number of rotatable bonds is 17. The molecule has 0 saturated heterocycles. The predicted octanol–water partition coefficient (Wildman–Crippen LogP) is 7.81. The summed E-state index contributed by atoms with van der Waals surface area (Å²) < 4.78 is 10.9. The number of methoxy groups -OCH3 is 1. The number of ether oxygens (including phenoxy) is 2. The van der Waals surface area contributed by atoms with Crippen molar-refractivity contribution in [2.75, 3.05) is 7.11 Å². The molecule has 3 nitrogen and oxygen atoms in total. The van der Waals surface area contributed by atoms with E-state index < -0.39 is 0 Å². The molecule has 3 heteroatoms. The molecule has 0 unspecified atom stereocenters. The van der Waals surface area contributed by atoms with Gasteiger partial charge in [0.05, 0.1) is 7.11 Å². The normalized spacial score (nSPS) is 11.1. The maximum Gasteiger partial charge on any atom is 0.311 e. The molecule has 0 N–H and O–H groups in total. The van der Waals surface area contributed by atoms with Gasteiger partial charge in [0.25, 0.3) is 0 Å². The summed E-state index contributed by atoms with van der Waals surface area (Å²) in [6.07, 6.45) is 20.7. The van der Waals surface area contributed by atoms with Crippen molar-refractivity contribution in [3.63, 3.8) is 0 Å².